The monoisotopic (exact) mass is 341 g/mol. The normalized spacial score (nSPS) is 26.4. The van der Waals surface area contributed by atoms with E-state index in [0.717, 1.165) is 58.5 Å². The van der Waals surface area contributed by atoms with Crippen molar-refractivity contribution in [2.45, 2.75) is 37.9 Å². The van der Waals surface area contributed by atoms with Gasteiger partial charge in [0.1, 0.15) is 0 Å². The first-order valence-corrected chi connectivity index (χ1v) is 9.57. The Morgan fingerprint density at radius 1 is 1.08 bits per heavy atom. The highest BCUT2D eigenvalue weighted by Crippen LogP contribution is 2.21. The molecule has 1 aromatic carbocycles. The van der Waals surface area contributed by atoms with Crippen LogP contribution in [0.3, 0.4) is 0 Å². The largest absolute Gasteiger partial charge is 0.396 e. The summed E-state index contributed by atoms with van der Waals surface area (Å²) in [6, 6.07) is 11.6. The zero-order chi connectivity index (χ0) is 17.5. The topological polar surface area (TPSA) is 38.7 Å². The Morgan fingerprint density at radius 3 is 2.48 bits per heavy atom. The lowest BCUT2D eigenvalue weighted by molar-refractivity contribution is 0.0785. The van der Waals surface area contributed by atoms with Gasteiger partial charge in [-0.25, -0.2) is 0 Å². The van der Waals surface area contributed by atoms with Crippen molar-refractivity contribution in [3.05, 3.63) is 35.9 Å². The summed E-state index contributed by atoms with van der Waals surface area (Å²) in [6.45, 7) is 6.28. The van der Waals surface area contributed by atoms with Crippen LogP contribution < -0.4 is 5.32 Å². The highest BCUT2D eigenvalue weighted by atomic mass is 16.3. The summed E-state index contributed by atoms with van der Waals surface area (Å²) in [4.78, 5) is 4.87. The lowest BCUT2D eigenvalue weighted by atomic mass is 9.90. The maximum Gasteiger partial charge on any atom is 0.0598 e. The minimum Gasteiger partial charge on any atom is -0.396 e. The molecule has 1 aromatic rings. The summed E-state index contributed by atoms with van der Waals surface area (Å²) in [7, 11) is 0. The smallest absolute Gasteiger partial charge is 0.0598 e. The minimum atomic E-state index is 0.285. The van der Waals surface area contributed by atoms with Crippen molar-refractivity contribution in [3.8, 4) is 12.3 Å². The summed E-state index contributed by atoms with van der Waals surface area (Å²) < 4.78 is 0. The van der Waals surface area contributed by atoms with Crippen molar-refractivity contribution in [1.29, 1.82) is 0 Å². The predicted molar refractivity (Wildman–Crippen MR) is 102 cm³/mol. The van der Waals surface area contributed by atoms with Gasteiger partial charge in [0.05, 0.1) is 6.54 Å². The molecule has 3 rings (SSSR count). The number of likely N-dealkylation sites (tertiary alicyclic amines) is 2. The molecule has 0 amide bonds. The molecule has 2 atom stereocenters. The molecule has 0 bridgehead atoms. The summed E-state index contributed by atoms with van der Waals surface area (Å²) in [5, 5.41) is 13.6. The van der Waals surface area contributed by atoms with E-state index in [1.807, 2.05) is 0 Å². The lowest BCUT2D eigenvalue weighted by Gasteiger charge is -2.41. The predicted octanol–water partition coefficient (Wildman–Crippen LogP) is 1.56. The number of rotatable bonds is 6. The van der Waals surface area contributed by atoms with Crippen LogP contribution in [0.15, 0.2) is 30.3 Å². The van der Waals surface area contributed by atoms with Crippen molar-refractivity contribution in [2.24, 2.45) is 5.92 Å². The molecule has 25 heavy (non-hydrogen) atoms. The molecule has 2 N–H and O–H groups in total. The number of piperidine rings is 2. The molecular formula is C21H31N3O. The SMILES string of the molecule is C#CCN1CCC(N[C@@H]2CN(Cc3ccccc3)CC[C@H]2CO)CC1. The fraction of sp³-hybridized carbons (Fsp3) is 0.619. The number of nitrogens with zero attached hydrogens (tertiary/aromatic N) is 2. The molecule has 0 radical (unpaired) electrons. The van der Waals surface area contributed by atoms with E-state index in [-0.39, 0.29) is 6.61 Å². The van der Waals surface area contributed by atoms with Gasteiger partial charge in [-0.05, 0) is 37.3 Å². The molecule has 0 aromatic heterocycles. The van der Waals surface area contributed by atoms with Gasteiger partial charge in [0.2, 0.25) is 0 Å². The molecule has 136 valence electrons. The third-order valence-electron chi connectivity index (χ3n) is 5.68. The number of hydrogen-bond acceptors (Lipinski definition) is 4. The Labute approximate surface area is 152 Å². The first-order chi connectivity index (χ1) is 12.3. The third kappa shape index (κ3) is 5.29. The second-order valence-corrected chi connectivity index (χ2v) is 7.48. The summed E-state index contributed by atoms with van der Waals surface area (Å²) in [5.74, 6) is 3.12. The van der Waals surface area contributed by atoms with Gasteiger partial charge >= 0.3 is 0 Å². The maximum atomic E-state index is 9.79. The molecule has 0 saturated carbocycles. The van der Waals surface area contributed by atoms with Gasteiger partial charge in [-0.3, -0.25) is 9.80 Å². The van der Waals surface area contributed by atoms with Crippen molar-refractivity contribution in [1.82, 2.24) is 15.1 Å². The van der Waals surface area contributed by atoms with Crippen molar-refractivity contribution < 1.29 is 5.11 Å². The van der Waals surface area contributed by atoms with E-state index in [1.165, 1.54) is 5.56 Å². The Kier molecular flexibility index (Phi) is 6.89. The van der Waals surface area contributed by atoms with Gasteiger partial charge in [-0.15, -0.1) is 6.42 Å². The quantitative estimate of drug-likeness (QED) is 0.770. The first kappa shape index (κ1) is 18.4. The van der Waals surface area contributed by atoms with E-state index in [2.05, 4.69) is 51.4 Å². The second-order valence-electron chi connectivity index (χ2n) is 7.48. The Hall–Kier alpha value is -1.38. The molecule has 2 saturated heterocycles. The third-order valence-corrected chi connectivity index (χ3v) is 5.68. The minimum absolute atomic E-state index is 0.285. The van der Waals surface area contributed by atoms with Crippen LogP contribution in [0.2, 0.25) is 0 Å². The molecule has 4 heteroatoms. The Morgan fingerprint density at radius 2 is 1.80 bits per heavy atom. The van der Waals surface area contributed by atoms with Crippen LogP contribution in [0.25, 0.3) is 0 Å². The molecule has 2 aliphatic rings. The summed E-state index contributed by atoms with van der Waals surface area (Å²) >= 11 is 0. The van der Waals surface area contributed by atoms with Crippen LogP contribution in [0, 0.1) is 18.3 Å². The Bertz CT molecular complexity index is 548. The average molecular weight is 341 g/mol. The Balaban J connectivity index is 1.52. The van der Waals surface area contributed by atoms with Crippen LogP contribution in [-0.4, -0.2) is 66.3 Å². The number of terminal acetylenes is 1. The van der Waals surface area contributed by atoms with E-state index in [1.54, 1.807) is 0 Å². The lowest BCUT2D eigenvalue weighted by Crippen LogP contribution is -2.56. The van der Waals surface area contributed by atoms with Gasteiger partial charge in [0.15, 0.2) is 0 Å². The highest BCUT2D eigenvalue weighted by Gasteiger charge is 2.31. The summed E-state index contributed by atoms with van der Waals surface area (Å²) in [5.41, 5.74) is 1.37. The number of hydrogen-bond donors (Lipinski definition) is 2. The van der Waals surface area contributed by atoms with Crippen LogP contribution in [0.4, 0.5) is 0 Å². The first-order valence-electron chi connectivity index (χ1n) is 9.57. The molecule has 4 nitrogen and oxygen atoms in total. The van der Waals surface area contributed by atoms with E-state index in [0.29, 0.717) is 18.0 Å². The van der Waals surface area contributed by atoms with E-state index >= 15 is 0 Å². The number of benzene rings is 1. The van der Waals surface area contributed by atoms with Crippen molar-refractivity contribution >= 4 is 0 Å². The maximum absolute atomic E-state index is 9.79. The number of aliphatic hydroxyl groups excluding tert-OH is 1. The van der Waals surface area contributed by atoms with E-state index in [9.17, 15) is 5.11 Å². The van der Waals surface area contributed by atoms with E-state index in [4.69, 9.17) is 6.42 Å². The van der Waals surface area contributed by atoms with Gasteiger partial charge in [0.25, 0.3) is 0 Å². The molecule has 2 fully saturated rings. The van der Waals surface area contributed by atoms with Crippen LogP contribution in [-0.2, 0) is 6.54 Å². The molecule has 0 spiro atoms. The zero-order valence-corrected chi connectivity index (χ0v) is 15.1. The number of nitrogens with one attached hydrogen (secondary N) is 1. The zero-order valence-electron chi connectivity index (χ0n) is 15.1. The second kappa shape index (κ2) is 9.35. The molecule has 2 heterocycles. The molecular weight excluding hydrogens is 310 g/mol. The van der Waals surface area contributed by atoms with Gasteiger partial charge in [0, 0.05) is 44.9 Å². The molecule has 0 unspecified atom stereocenters. The van der Waals surface area contributed by atoms with Crippen molar-refractivity contribution in [3.63, 3.8) is 0 Å². The van der Waals surface area contributed by atoms with E-state index < -0.39 is 0 Å². The van der Waals surface area contributed by atoms with Crippen LogP contribution in [0.1, 0.15) is 24.8 Å². The van der Waals surface area contributed by atoms with Crippen LogP contribution >= 0.6 is 0 Å². The van der Waals surface area contributed by atoms with Crippen molar-refractivity contribution in [2.75, 3.05) is 39.3 Å². The fourth-order valence-electron chi connectivity index (χ4n) is 4.15. The average Bonchev–Trinajstić information content (AvgIpc) is 2.65. The fourth-order valence-corrected chi connectivity index (χ4v) is 4.15. The standard InChI is InChI=1S/C21H31N3O/c1-2-11-23-13-9-20(10-14-23)22-21-16-24(12-8-19(21)17-25)15-18-6-4-3-5-7-18/h1,3-7,19-22,25H,8-17H2/t19-,21+/m0/s1. The van der Waals surface area contributed by atoms with Gasteiger partial charge in [-0.2, -0.15) is 0 Å². The van der Waals surface area contributed by atoms with Gasteiger partial charge < -0.3 is 10.4 Å². The molecule has 0 aliphatic carbocycles. The van der Waals surface area contributed by atoms with Crippen LogP contribution in [0.5, 0.6) is 0 Å². The summed E-state index contributed by atoms with van der Waals surface area (Å²) in [6.07, 6.45) is 8.78. The highest BCUT2D eigenvalue weighted by molar-refractivity contribution is 5.14. The number of aliphatic hydroxyl groups is 1. The molecule has 2 aliphatic heterocycles. The van der Waals surface area contributed by atoms with Gasteiger partial charge in [-0.1, -0.05) is 36.3 Å².